The average molecular weight is 494 g/mol. The van der Waals surface area contributed by atoms with Gasteiger partial charge in [0.05, 0.1) is 11.6 Å². The summed E-state index contributed by atoms with van der Waals surface area (Å²) in [5.41, 5.74) is 0. The van der Waals surface area contributed by atoms with Crippen LogP contribution >= 0.6 is 35.3 Å². The van der Waals surface area contributed by atoms with Crippen LogP contribution in [0, 0.1) is 5.92 Å². The molecule has 26 heavy (non-hydrogen) atoms. The third-order valence-corrected chi connectivity index (χ3v) is 6.08. The number of likely N-dealkylation sites (tertiary alicyclic amines) is 1. The van der Waals surface area contributed by atoms with Crippen molar-refractivity contribution >= 4 is 41.3 Å². The van der Waals surface area contributed by atoms with Crippen molar-refractivity contribution in [2.45, 2.75) is 59.4 Å². The third-order valence-electron chi connectivity index (χ3n) is 4.88. The molecule has 1 atom stereocenters. The van der Waals surface area contributed by atoms with E-state index in [2.05, 4.69) is 48.2 Å². The van der Waals surface area contributed by atoms with Crippen LogP contribution in [0.25, 0.3) is 0 Å². The number of piperidine rings is 1. The number of rotatable bonds is 8. The number of hydrogen-bond acceptors (Lipinski definition) is 4. The van der Waals surface area contributed by atoms with Crippen LogP contribution in [0.3, 0.4) is 0 Å². The molecule has 7 heteroatoms. The smallest absolute Gasteiger partial charge is 0.191 e. The Morgan fingerprint density at radius 3 is 2.69 bits per heavy atom. The van der Waals surface area contributed by atoms with Crippen molar-refractivity contribution in [2.75, 3.05) is 32.7 Å². The maximum Gasteiger partial charge on any atom is 0.191 e. The summed E-state index contributed by atoms with van der Waals surface area (Å²) < 4.78 is 0. The molecule has 1 aromatic rings. The Morgan fingerprint density at radius 2 is 2.08 bits per heavy atom. The molecule has 1 aromatic heterocycles. The van der Waals surface area contributed by atoms with E-state index >= 15 is 0 Å². The fraction of sp³-hybridized carbons (Fsp3) is 0.789. The Bertz CT molecular complexity index is 526. The molecule has 2 heterocycles. The van der Waals surface area contributed by atoms with Gasteiger partial charge in [0, 0.05) is 36.6 Å². The maximum atomic E-state index is 4.80. The van der Waals surface area contributed by atoms with E-state index in [1.54, 1.807) is 0 Å². The van der Waals surface area contributed by atoms with Gasteiger partial charge in [0.1, 0.15) is 0 Å². The van der Waals surface area contributed by atoms with Crippen molar-refractivity contribution < 1.29 is 0 Å². The summed E-state index contributed by atoms with van der Waals surface area (Å²) in [5, 5.41) is 8.01. The van der Waals surface area contributed by atoms with Crippen molar-refractivity contribution in [2.24, 2.45) is 10.9 Å². The number of nitrogens with one attached hydrogen (secondary N) is 2. The van der Waals surface area contributed by atoms with Crippen molar-refractivity contribution in [1.29, 1.82) is 0 Å². The number of guanidine groups is 1. The number of nitrogens with zero attached hydrogens (tertiary/aromatic N) is 3. The summed E-state index contributed by atoms with van der Waals surface area (Å²) in [5.74, 6) is 1.80. The fourth-order valence-electron chi connectivity index (χ4n) is 3.06. The molecule has 0 aromatic carbocycles. The van der Waals surface area contributed by atoms with Gasteiger partial charge in [-0.2, -0.15) is 0 Å². The SMILES string of the molecule is CCNC(=NCC(C)N1CCC(C)CC1)NCCc1ncc(CC)s1.I. The molecule has 1 aliphatic rings. The predicted molar refractivity (Wildman–Crippen MR) is 124 cm³/mol. The molecule has 1 unspecified atom stereocenters. The van der Waals surface area contributed by atoms with Gasteiger partial charge in [-0.1, -0.05) is 13.8 Å². The minimum Gasteiger partial charge on any atom is -0.357 e. The van der Waals surface area contributed by atoms with Gasteiger partial charge in [-0.15, -0.1) is 35.3 Å². The van der Waals surface area contributed by atoms with Crippen LogP contribution in [-0.2, 0) is 12.8 Å². The van der Waals surface area contributed by atoms with Crippen LogP contribution in [0.15, 0.2) is 11.2 Å². The van der Waals surface area contributed by atoms with E-state index < -0.39 is 0 Å². The molecule has 1 fully saturated rings. The molecule has 2 rings (SSSR count). The van der Waals surface area contributed by atoms with E-state index in [0.29, 0.717) is 6.04 Å². The monoisotopic (exact) mass is 493 g/mol. The number of aromatic nitrogens is 1. The second-order valence-electron chi connectivity index (χ2n) is 7.04. The Balaban J connectivity index is 0.00000338. The summed E-state index contributed by atoms with van der Waals surface area (Å²) in [6.45, 7) is 14.0. The van der Waals surface area contributed by atoms with Crippen molar-refractivity contribution in [3.8, 4) is 0 Å². The Labute approximate surface area is 180 Å². The van der Waals surface area contributed by atoms with Gasteiger partial charge in [-0.05, 0) is 52.1 Å². The largest absolute Gasteiger partial charge is 0.357 e. The van der Waals surface area contributed by atoms with Crippen LogP contribution in [0.2, 0.25) is 0 Å². The van der Waals surface area contributed by atoms with Crippen LogP contribution in [-0.4, -0.2) is 54.6 Å². The van der Waals surface area contributed by atoms with E-state index in [9.17, 15) is 0 Å². The molecule has 0 bridgehead atoms. The lowest BCUT2D eigenvalue weighted by Gasteiger charge is -2.34. The van der Waals surface area contributed by atoms with E-state index in [1.807, 2.05) is 17.5 Å². The lowest BCUT2D eigenvalue weighted by atomic mass is 9.98. The summed E-state index contributed by atoms with van der Waals surface area (Å²) in [6.07, 6.45) is 6.66. The second-order valence-corrected chi connectivity index (χ2v) is 8.24. The zero-order chi connectivity index (χ0) is 18.1. The molecule has 0 amide bonds. The van der Waals surface area contributed by atoms with E-state index in [4.69, 9.17) is 4.99 Å². The molecule has 2 N–H and O–H groups in total. The van der Waals surface area contributed by atoms with Gasteiger partial charge >= 0.3 is 0 Å². The minimum atomic E-state index is 0. The lowest BCUT2D eigenvalue weighted by Crippen LogP contribution is -2.43. The number of aryl methyl sites for hydroxylation is 1. The summed E-state index contributed by atoms with van der Waals surface area (Å²) in [6, 6.07) is 0.508. The first-order valence-corrected chi connectivity index (χ1v) is 10.6. The fourth-order valence-corrected chi connectivity index (χ4v) is 3.93. The average Bonchev–Trinajstić information content (AvgIpc) is 3.08. The van der Waals surface area contributed by atoms with Gasteiger partial charge in [0.2, 0.25) is 0 Å². The highest BCUT2D eigenvalue weighted by Crippen LogP contribution is 2.18. The van der Waals surface area contributed by atoms with E-state index in [-0.39, 0.29) is 24.0 Å². The summed E-state index contributed by atoms with van der Waals surface area (Å²) in [7, 11) is 0. The zero-order valence-corrected chi connectivity index (χ0v) is 19.9. The predicted octanol–water partition coefficient (Wildman–Crippen LogP) is 3.54. The Hall–Kier alpha value is -0.410. The van der Waals surface area contributed by atoms with Gasteiger partial charge in [-0.3, -0.25) is 9.89 Å². The highest BCUT2D eigenvalue weighted by Gasteiger charge is 2.19. The number of halogens is 1. The third kappa shape index (κ3) is 8.08. The van der Waals surface area contributed by atoms with Crippen molar-refractivity contribution in [3.05, 3.63) is 16.1 Å². The molecule has 5 nitrogen and oxygen atoms in total. The highest BCUT2D eigenvalue weighted by molar-refractivity contribution is 14.0. The molecular weight excluding hydrogens is 457 g/mol. The Kier molecular flexibility index (Phi) is 11.7. The van der Waals surface area contributed by atoms with Crippen LogP contribution in [0.5, 0.6) is 0 Å². The molecule has 150 valence electrons. The molecule has 0 saturated carbocycles. The van der Waals surface area contributed by atoms with Crippen molar-refractivity contribution in [1.82, 2.24) is 20.5 Å². The van der Waals surface area contributed by atoms with Gasteiger partial charge < -0.3 is 10.6 Å². The van der Waals surface area contributed by atoms with Gasteiger partial charge in [0.15, 0.2) is 5.96 Å². The molecule has 0 spiro atoms. The summed E-state index contributed by atoms with van der Waals surface area (Å²) in [4.78, 5) is 13.2. The standard InChI is InChI=1S/C19H35N5S.HI/c1-5-17-14-22-18(25-17)7-10-21-19(20-6-2)23-13-16(4)24-11-8-15(3)9-12-24;/h14-16H,5-13H2,1-4H3,(H2,20,21,23);1H. The van der Waals surface area contributed by atoms with Crippen LogP contribution in [0.1, 0.15) is 50.4 Å². The normalized spacial score (nSPS) is 17.6. The first kappa shape index (κ1) is 23.6. The first-order chi connectivity index (χ1) is 12.1. The molecule has 1 saturated heterocycles. The lowest BCUT2D eigenvalue weighted by molar-refractivity contribution is 0.150. The molecule has 0 radical (unpaired) electrons. The summed E-state index contributed by atoms with van der Waals surface area (Å²) >= 11 is 1.82. The maximum absolute atomic E-state index is 4.80. The highest BCUT2D eigenvalue weighted by atomic mass is 127. The number of thiazole rings is 1. The Morgan fingerprint density at radius 1 is 1.35 bits per heavy atom. The topological polar surface area (TPSA) is 52.6 Å². The van der Waals surface area contributed by atoms with Gasteiger partial charge in [-0.25, -0.2) is 4.98 Å². The second kappa shape index (κ2) is 12.9. The van der Waals surface area contributed by atoms with E-state index in [0.717, 1.165) is 44.4 Å². The first-order valence-electron chi connectivity index (χ1n) is 9.82. The van der Waals surface area contributed by atoms with Gasteiger partial charge in [0.25, 0.3) is 0 Å². The molecule has 0 aliphatic carbocycles. The van der Waals surface area contributed by atoms with Crippen LogP contribution in [0.4, 0.5) is 0 Å². The van der Waals surface area contributed by atoms with E-state index in [1.165, 1.54) is 35.8 Å². The number of hydrogen-bond donors (Lipinski definition) is 2. The zero-order valence-electron chi connectivity index (χ0n) is 16.8. The minimum absolute atomic E-state index is 0. The molecule has 1 aliphatic heterocycles. The molecular formula is C19H36IN5S. The van der Waals surface area contributed by atoms with Crippen molar-refractivity contribution in [3.63, 3.8) is 0 Å². The quantitative estimate of drug-likeness (QED) is 0.331. The number of aliphatic imine (C=N–C) groups is 1. The van der Waals surface area contributed by atoms with Crippen LogP contribution < -0.4 is 10.6 Å².